The van der Waals surface area contributed by atoms with Crippen molar-refractivity contribution < 1.29 is 9.59 Å². The van der Waals surface area contributed by atoms with Crippen LogP contribution >= 0.6 is 11.8 Å². The smallest absolute Gasteiger partial charge is 0.321 e. The molecule has 7 nitrogen and oxygen atoms in total. The molecule has 1 rings (SSSR count). The van der Waals surface area contributed by atoms with Crippen LogP contribution in [0.25, 0.3) is 0 Å². The summed E-state index contributed by atoms with van der Waals surface area (Å²) in [6.45, 7) is 3.82. The SMILES string of the molecule is CC[C@H](C)NC(=O)NC(=O)CSc1ncn[nH]1. The Bertz CT molecular complexity index is 367. The van der Waals surface area contributed by atoms with Crippen molar-refractivity contribution in [1.29, 1.82) is 0 Å². The Hall–Kier alpha value is -1.57. The third kappa shape index (κ3) is 5.34. The Morgan fingerprint density at radius 1 is 1.59 bits per heavy atom. The first-order valence-electron chi connectivity index (χ1n) is 5.20. The number of carbonyl (C=O) groups excluding carboxylic acids is 2. The number of urea groups is 1. The fourth-order valence-corrected chi connectivity index (χ4v) is 1.50. The van der Waals surface area contributed by atoms with Gasteiger partial charge < -0.3 is 5.32 Å². The number of H-pyrrole nitrogens is 1. The van der Waals surface area contributed by atoms with Gasteiger partial charge >= 0.3 is 6.03 Å². The number of nitrogens with one attached hydrogen (secondary N) is 3. The summed E-state index contributed by atoms with van der Waals surface area (Å²) in [5.74, 6) is -0.254. The minimum atomic E-state index is -0.470. The van der Waals surface area contributed by atoms with Crippen LogP contribution in [0.3, 0.4) is 0 Å². The molecule has 0 saturated heterocycles. The molecule has 0 unspecified atom stereocenters. The molecule has 1 aromatic rings. The predicted molar refractivity (Wildman–Crippen MR) is 63.5 cm³/mol. The number of thioether (sulfide) groups is 1. The molecule has 0 aliphatic rings. The van der Waals surface area contributed by atoms with Gasteiger partial charge in [-0.2, -0.15) is 5.10 Å². The lowest BCUT2D eigenvalue weighted by Crippen LogP contribution is -2.43. The van der Waals surface area contributed by atoms with E-state index in [9.17, 15) is 9.59 Å². The van der Waals surface area contributed by atoms with Gasteiger partial charge in [-0.15, -0.1) is 0 Å². The zero-order valence-electron chi connectivity index (χ0n) is 9.69. The summed E-state index contributed by atoms with van der Waals surface area (Å²) in [5.41, 5.74) is 0. The van der Waals surface area contributed by atoms with Gasteiger partial charge in [0.15, 0.2) is 5.16 Å². The molecule has 0 aromatic carbocycles. The van der Waals surface area contributed by atoms with E-state index in [0.29, 0.717) is 5.16 Å². The molecule has 0 radical (unpaired) electrons. The third-order valence-electron chi connectivity index (χ3n) is 1.98. The highest BCUT2D eigenvalue weighted by molar-refractivity contribution is 7.99. The third-order valence-corrected chi connectivity index (χ3v) is 2.85. The number of amides is 3. The van der Waals surface area contributed by atoms with Crippen molar-refractivity contribution in [2.45, 2.75) is 31.5 Å². The summed E-state index contributed by atoms with van der Waals surface area (Å²) in [6, 6.07) is -0.424. The van der Waals surface area contributed by atoms with Gasteiger partial charge in [0.1, 0.15) is 6.33 Å². The van der Waals surface area contributed by atoms with Crippen molar-refractivity contribution in [2.75, 3.05) is 5.75 Å². The molecule has 0 aliphatic carbocycles. The largest absolute Gasteiger partial charge is 0.335 e. The van der Waals surface area contributed by atoms with Gasteiger partial charge in [-0.25, -0.2) is 9.78 Å². The maximum Gasteiger partial charge on any atom is 0.321 e. The van der Waals surface area contributed by atoms with Crippen molar-refractivity contribution in [1.82, 2.24) is 25.8 Å². The topological polar surface area (TPSA) is 99.8 Å². The number of carbonyl (C=O) groups is 2. The lowest BCUT2D eigenvalue weighted by Gasteiger charge is -2.11. The van der Waals surface area contributed by atoms with Crippen LogP contribution < -0.4 is 10.6 Å². The van der Waals surface area contributed by atoms with Crippen molar-refractivity contribution >= 4 is 23.7 Å². The standard InChI is InChI=1S/C9H15N5O2S/c1-3-6(2)12-8(16)13-7(15)4-17-9-10-5-11-14-9/h5-6H,3-4H2,1-2H3,(H,10,11,14)(H2,12,13,15,16)/t6-/m0/s1. The van der Waals surface area contributed by atoms with Crippen molar-refractivity contribution in [3.63, 3.8) is 0 Å². The number of aromatic amines is 1. The summed E-state index contributed by atoms with van der Waals surface area (Å²) in [7, 11) is 0. The van der Waals surface area contributed by atoms with E-state index in [1.807, 2.05) is 13.8 Å². The van der Waals surface area contributed by atoms with Crippen molar-refractivity contribution in [2.24, 2.45) is 0 Å². The fraction of sp³-hybridized carbons (Fsp3) is 0.556. The molecule has 17 heavy (non-hydrogen) atoms. The van der Waals surface area contributed by atoms with E-state index >= 15 is 0 Å². The molecule has 1 aromatic heterocycles. The van der Waals surface area contributed by atoms with Crippen LogP contribution in [0.5, 0.6) is 0 Å². The van der Waals surface area contributed by atoms with E-state index in [0.717, 1.165) is 6.42 Å². The number of nitrogens with zero attached hydrogens (tertiary/aromatic N) is 2. The van der Waals surface area contributed by atoms with Crippen LogP contribution in [0.4, 0.5) is 4.79 Å². The summed E-state index contributed by atoms with van der Waals surface area (Å²) < 4.78 is 0. The molecule has 3 amide bonds. The molecular formula is C9H15N5O2S. The first-order chi connectivity index (χ1) is 8.11. The average molecular weight is 257 g/mol. The van der Waals surface area contributed by atoms with Crippen LogP contribution in [0.1, 0.15) is 20.3 Å². The summed E-state index contributed by atoms with van der Waals surface area (Å²) >= 11 is 1.18. The van der Waals surface area contributed by atoms with E-state index in [1.165, 1.54) is 18.1 Å². The van der Waals surface area contributed by atoms with Crippen LogP contribution in [-0.4, -0.2) is 38.9 Å². The second kappa shape index (κ2) is 6.89. The molecule has 0 aliphatic heterocycles. The van der Waals surface area contributed by atoms with Crippen LogP contribution in [0.2, 0.25) is 0 Å². The maximum atomic E-state index is 11.4. The van der Waals surface area contributed by atoms with Crippen molar-refractivity contribution in [3.05, 3.63) is 6.33 Å². The van der Waals surface area contributed by atoms with Gasteiger partial charge in [-0.3, -0.25) is 15.2 Å². The molecule has 0 spiro atoms. The lowest BCUT2D eigenvalue weighted by atomic mass is 10.3. The molecule has 0 saturated carbocycles. The Morgan fingerprint density at radius 2 is 2.35 bits per heavy atom. The van der Waals surface area contributed by atoms with Crippen molar-refractivity contribution in [3.8, 4) is 0 Å². The lowest BCUT2D eigenvalue weighted by molar-refractivity contribution is -0.117. The molecule has 94 valence electrons. The highest BCUT2D eigenvalue weighted by Crippen LogP contribution is 2.09. The van der Waals surface area contributed by atoms with Gasteiger partial charge in [0.2, 0.25) is 5.91 Å². The van der Waals surface area contributed by atoms with Gasteiger partial charge in [0.25, 0.3) is 0 Å². The number of imide groups is 1. The zero-order valence-corrected chi connectivity index (χ0v) is 10.5. The summed E-state index contributed by atoms with van der Waals surface area (Å²) in [5, 5.41) is 11.7. The molecule has 0 bridgehead atoms. The zero-order chi connectivity index (χ0) is 12.7. The summed E-state index contributed by atoms with van der Waals surface area (Å²) in [6.07, 6.45) is 2.17. The Kier molecular flexibility index (Phi) is 5.47. The molecular weight excluding hydrogens is 242 g/mol. The number of aromatic nitrogens is 3. The minimum Gasteiger partial charge on any atom is -0.335 e. The molecule has 1 atom stereocenters. The highest BCUT2D eigenvalue weighted by Gasteiger charge is 2.10. The van der Waals surface area contributed by atoms with E-state index in [-0.39, 0.29) is 17.7 Å². The van der Waals surface area contributed by atoms with Crippen LogP contribution in [-0.2, 0) is 4.79 Å². The molecule has 0 fully saturated rings. The minimum absolute atomic E-state index is 0.0460. The van der Waals surface area contributed by atoms with E-state index in [2.05, 4.69) is 25.8 Å². The normalized spacial score (nSPS) is 11.9. The Labute approximate surface area is 103 Å². The van der Waals surface area contributed by atoms with Gasteiger partial charge in [0.05, 0.1) is 5.75 Å². The van der Waals surface area contributed by atoms with E-state index in [4.69, 9.17) is 0 Å². The van der Waals surface area contributed by atoms with Gasteiger partial charge in [-0.05, 0) is 13.3 Å². The first-order valence-corrected chi connectivity index (χ1v) is 6.19. The molecule has 8 heteroatoms. The maximum absolute atomic E-state index is 11.4. The first kappa shape index (κ1) is 13.5. The van der Waals surface area contributed by atoms with Gasteiger partial charge in [0, 0.05) is 6.04 Å². The Balaban J connectivity index is 2.22. The average Bonchev–Trinajstić information content (AvgIpc) is 2.78. The Morgan fingerprint density at radius 3 is 2.94 bits per heavy atom. The molecule has 1 heterocycles. The van der Waals surface area contributed by atoms with Crippen LogP contribution in [0.15, 0.2) is 11.5 Å². The number of rotatable bonds is 5. The second-order valence-electron chi connectivity index (χ2n) is 3.41. The monoisotopic (exact) mass is 257 g/mol. The molecule has 3 N–H and O–H groups in total. The van der Waals surface area contributed by atoms with Gasteiger partial charge in [-0.1, -0.05) is 18.7 Å². The van der Waals surface area contributed by atoms with Crippen LogP contribution in [0, 0.1) is 0 Å². The quantitative estimate of drug-likeness (QED) is 0.668. The summed E-state index contributed by atoms with van der Waals surface area (Å²) in [4.78, 5) is 26.5. The van der Waals surface area contributed by atoms with E-state index < -0.39 is 6.03 Å². The van der Waals surface area contributed by atoms with E-state index in [1.54, 1.807) is 0 Å². The second-order valence-corrected chi connectivity index (χ2v) is 4.37. The predicted octanol–water partition coefficient (Wildman–Crippen LogP) is 0.521. The number of hydrogen-bond donors (Lipinski definition) is 3. The number of hydrogen-bond acceptors (Lipinski definition) is 5. The fourth-order valence-electron chi connectivity index (χ4n) is 0.922. The highest BCUT2D eigenvalue weighted by atomic mass is 32.2.